The molecule has 3 rings (SSSR count). The Morgan fingerprint density at radius 1 is 1.00 bits per heavy atom. The van der Waals surface area contributed by atoms with Gasteiger partial charge in [0.1, 0.15) is 36.8 Å². The molecule has 2 saturated heterocycles. The smallest absolute Gasteiger partial charge is 0.308 e. The van der Waals surface area contributed by atoms with Crippen LogP contribution in [0.3, 0.4) is 0 Å². The maximum absolute atomic E-state index is 12.9. The Kier molecular flexibility index (Phi) is 18.5. The van der Waals surface area contributed by atoms with Gasteiger partial charge in [0.05, 0.1) is 48.6 Å². The van der Waals surface area contributed by atoms with E-state index in [4.69, 9.17) is 37.9 Å². The van der Waals surface area contributed by atoms with E-state index in [0.29, 0.717) is 19.4 Å². The molecule has 0 saturated carbocycles. The largest absolute Gasteiger partial charge is 0.462 e. The van der Waals surface area contributed by atoms with Gasteiger partial charge >= 0.3 is 5.97 Å². The number of ether oxygens (including phenoxy) is 8. The van der Waals surface area contributed by atoms with Gasteiger partial charge in [0.25, 0.3) is 0 Å². The molecule has 0 bridgehead atoms. The Morgan fingerprint density at radius 2 is 1.72 bits per heavy atom. The lowest BCUT2D eigenvalue weighted by molar-refractivity contribution is -0.347. The van der Waals surface area contributed by atoms with Crippen molar-refractivity contribution in [1.82, 2.24) is 4.90 Å². The molecule has 0 spiro atoms. The summed E-state index contributed by atoms with van der Waals surface area (Å²) in [7, 11) is 6.66. The van der Waals surface area contributed by atoms with Gasteiger partial charge in [-0.15, -0.1) is 0 Å². The average molecular weight is 758 g/mol. The first-order chi connectivity index (χ1) is 25.1. The summed E-state index contributed by atoms with van der Waals surface area (Å²) in [4.78, 5) is 26.9. The molecule has 0 aromatic carbocycles. The summed E-state index contributed by atoms with van der Waals surface area (Å²) in [6, 6.07) is -0.650. The Balaban J connectivity index is 1.93. The van der Waals surface area contributed by atoms with E-state index in [1.165, 1.54) is 7.11 Å². The van der Waals surface area contributed by atoms with Gasteiger partial charge in [-0.3, -0.25) is 4.79 Å². The van der Waals surface area contributed by atoms with Crippen molar-refractivity contribution < 1.29 is 62.8 Å². The third-order valence-electron chi connectivity index (χ3n) is 10.7. The van der Waals surface area contributed by atoms with Crippen LogP contribution in [-0.4, -0.2) is 153 Å². The molecule has 3 aliphatic rings. The standard InChI is InChI=1S/C39H67NO13/c1-11-19-48-37-26(5)50-31(22-39(37,6)47-10)52-34-25(4)51-38(33(45)32(34)40(7)8)53-35-27(17-18-41)20-23(2)28(42)16-14-12-13-15-24(3)49-30(44)21-29(43)36(35)46-9/h12-14,16,18,23-29,31-38,42-43,45H,11,15,17,19-22H2,1-10H3/b13-12+,16-14+/t23-,24-,25-,26+,27?,28+,29-,31+,32-,33-,34-,35+,36+,37+,38+,39-/m1/s1. The molecular weight excluding hydrogens is 690 g/mol. The summed E-state index contributed by atoms with van der Waals surface area (Å²) in [5, 5.41) is 34.4. The fraction of sp³-hybridized carbons (Fsp3) is 0.846. The number of hydrogen-bond acceptors (Lipinski definition) is 14. The molecule has 0 aromatic heterocycles. The van der Waals surface area contributed by atoms with E-state index < -0.39 is 91.4 Å². The van der Waals surface area contributed by atoms with Crippen molar-refractivity contribution in [2.75, 3.05) is 34.9 Å². The van der Waals surface area contributed by atoms with Crippen LogP contribution in [0.2, 0.25) is 0 Å². The van der Waals surface area contributed by atoms with E-state index >= 15 is 0 Å². The Hall–Kier alpha value is -1.82. The number of allylic oxidation sites excluding steroid dienone is 2. The maximum Gasteiger partial charge on any atom is 0.308 e. The highest BCUT2D eigenvalue weighted by Gasteiger charge is 2.52. The molecule has 53 heavy (non-hydrogen) atoms. The lowest BCUT2D eigenvalue weighted by Crippen LogP contribution is -2.66. The third kappa shape index (κ3) is 12.3. The minimum Gasteiger partial charge on any atom is -0.462 e. The highest BCUT2D eigenvalue weighted by atomic mass is 16.7. The van der Waals surface area contributed by atoms with Crippen LogP contribution < -0.4 is 0 Å². The third-order valence-corrected chi connectivity index (χ3v) is 10.7. The molecule has 3 N–H and O–H groups in total. The van der Waals surface area contributed by atoms with E-state index in [2.05, 4.69) is 0 Å². The number of hydrogen-bond donors (Lipinski definition) is 3. The fourth-order valence-electron chi connectivity index (χ4n) is 7.77. The van der Waals surface area contributed by atoms with Crippen molar-refractivity contribution in [3.63, 3.8) is 0 Å². The highest BCUT2D eigenvalue weighted by Crippen LogP contribution is 2.38. The zero-order chi connectivity index (χ0) is 39.5. The Morgan fingerprint density at radius 3 is 2.34 bits per heavy atom. The molecule has 0 aromatic rings. The van der Waals surface area contributed by atoms with Crippen LogP contribution in [0.15, 0.2) is 24.3 Å². The predicted molar refractivity (Wildman–Crippen MR) is 196 cm³/mol. The number of aldehydes is 1. The molecule has 3 aliphatic heterocycles. The average Bonchev–Trinajstić information content (AvgIpc) is 3.08. The first kappa shape index (κ1) is 45.6. The number of esters is 1. The second-order valence-corrected chi connectivity index (χ2v) is 15.3. The second kappa shape index (κ2) is 21.5. The molecule has 306 valence electrons. The van der Waals surface area contributed by atoms with Gasteiger partial charge in [0.2, 0.25) is 0 Å². The minimum atomic E-state index is -1.40. The lowest BCUT2D eigenvalue weighted by atomic mass is 9.82. The van der Waals surface area contributed by atoms with Crippen molar-refractivity contribution in [2.45, 2.75) is 165 Å². The van der Waals surface area contributed by atoms with E-state index in [9.17, 15) is 24.9 Å². The van der Waals surface area contributed by atoms with E-state index in [0.717, 1.165) is 12.7 Å². The van der Waals surface area contributed by atoms with E-state index in [1.54, 1.807) is 32.3 Å². The van der Waals surface area contributed by atoms with Crippen LogP contribution in [0.1, 0.15) is 80.1 Å². The van der Waals surface area contributed by atoms with Gasteiger partial charge in [0.15, 0.2) is 12.6 Å². The summed E-state index contributed by atoms with van der Waals surface area (Å²) in [5.41, 5.74) is -0.691. The second-order valence-electron chi connectivity index (χ2n) is 15.3. The molecule has 14 nitrogen and oxygen atoms in total. The zero-order valence-electron chi connectivity index (χ0n) is 33.4. The molecule has 2 fully saturated rings. The molecule has 16 atom stereocenters. The number of cyclic esters (lactones) is 1. The predicted octanol–water partition coefficient (Wildman–Crippen LogP) is 2.93. The fourth-order valence-corrected chi connectivity index (χ4v) is 7.77. The summed E-state index contributed by atoms with van der Waals surface area (Å²) in [6.07, 6.45) is -0.820. The zero-order valence-corrected chi connectivity index (χ0v) is 33.4. The Bertz CT molecular complexity index is 1170. The van der Waals surface area contributed by atoms with Crippen molar-refractivity contribution in [1.29, 1.82) is 0 Å². The number of rotatable bonds is 12. The number of carbonyl (C=O) groups is 2. The van der Waals surface area contributed by atoms with Gasteiger partial charge in [0, 0.05) is 40.1 Å². The van der Waals surface area contributed by atoms with Crippen molar-refractivity contribution in [2.24, 2.45) is 11.8 Å². The van der Waals surface area contributed by atoms with Crippen molar-refractivity contribution in [3.8, 4) is 0 Å². The highest BCUT2D eigenvalue weighted by molar-refractivity contribution is 5.70. The van der Waals surface area contributed by atoms with Crippen molar-refractivity contribution in [3.05, 3.63) is 24.3 Å². The summed E-state index contributed by atoms with van der Waals surface area (Å²) in [6.45, 7) is 11.9. The molecule has 0 radical (unpaired) electrons. The first-order valence-corrected chi connectivity index (χ1v) is 19.1. The van der Waals surface area contributed by atoms with Gasteiger partial charge in [-0.05, 0) is 66.5 Å². The minimum absolute atomic E-state index is 0.0148. The Labute approximate surface area is 316 Å². The molecule has 1 unspecified atom stereocenters. The van der Waals surface area contributed by atoms with Crippen LogP contribution in [0.5, 0.6) is 0 Å². The number of nitrogens with zero attached hydrogens (tertiary/aromatic N) is 1. The molecular formula is C39H67NO13. The quantitative estimate of drug-likeness (QED) is 0.196. The molecule has 3 heterocycles. The summed E-state index contributed by atoms with van der Waals surface area (Å²) < 4.78 is 49.3. The summed E-state index contributed by atoms with van der Waals surface area (Å²) >= 11 is 0. The van der Waals surface area contributed by atoms with Crippen LogP contribution in [-0.2, 0) is 47.5 Å². The van der Waals surface area contributed by atoms with Crippen LogP contribution in [0.4, 0.5) is 0 Å². The topological polar surface area (TPSA) is 172 Å². The SMILES string of the molecule is CCCO[C@H]1[C@H](C)O[C@@H](O[C@H]2[C@H](N(C)C)[C@@H](O)[C@H](O[C@H]3C(CC=O)C[C@@H](C)[C@@H](O)/C=C/C=C/C[C@@H](C)OC(=O)C[C@@H](O)[C@@H]3OC)O[C@@H]2C)C[C@@]1(C)OC. The monoisotopic (exact) mass is 757 g/mol. The number of aliphatic hydroxyl groups is 3. The van der Waals surface area contributed by atoms with Gasteiger partial charge in [-0.1, -0.05) is 38.2 Å². The maximum atomic E-state index is 12.9. The number of aliphatic hydroxyl groups excluding tert-OH is 3. The van der Waals surface area contributed by atoms with Crippen molar-refractivity contribution >= 4 is 12.3 Å². The van der Waals surface area contributed by atoms with Crippen LogP contribution in [0, 0.1) is 11.8 Å². The lowest BCUT2D eigenvalue weighted by Gasteiger charge is -2.51. The molecule has 0 amide bonds. The van der Waals surface area contributed by atoms with Gasteiger partial charge in [-0.2, -0.15) is 0 Å². The van der Waals surface area contributed by atoms with E-state index in [1.807, 2.05) is 59.7 Å². The number of carbonyl (C=O) groups excluding carboxylic acids is 2. The van der Waals surface area contributed by atoms with Crippen LogP contribution >= 0.6 is 0 Å². The molecule has 0 aliphatic carbocycles. The first-order valence-electron chi connectivity index (χ1n) is 19.1. The van der Waals surface area contributed by atoms with Crippen LogP contribution in [0.25, 0.3) is 0 Å². The van der Waals surface area contributed by atoms with Gasteiger partial charge in [-0.25, -0.2) is 0 Å². The number of methoxy groups -OCH3 is 2. The summed E-state index contributed by atoms with van der Waals surface area (Å²) in [5.74, 6) is -1.58. The van der Waals surface area contributed by atoms with Gasteiger partial charge < -0.3 is 62.9 Å². The number of likely N-dealkylation sites (N-methyl/N-ethyl adjacent to an activating group) is 1. The normalized spacial score (nSPS) is 43.6. The van der Waals surface area contributed by atoms with E-state index in [-0.39, 0.29) is 31.0 Å². The molecule has 14 heteroatoms.